The van der Waals surface area contributed by atoms with Gasteiger partial charge in [0, 0.05) is 27.1 Å². The Bertz CT molecular complexity index is 2320. The summed E-state index contributed by atoms with van der Waals surface area (Å²) in [5, 5.41) is 10.3. The van der Waals surface area contributed by atoms with Crippen LogP contribution in [0.4, 0.5) is 10.7 Å². The van der Waals surface area contributed by atoms with E-state index >= 15 is 0 Å². The van der Waals surface area contributed by atoms with Gasteiger partial charge in [-0.25, -0.2) is 4.79 Å². The van der Waals surface area contributed by atoms with Crippen LogP contribution in [0.1, 0.15) is 55.1 Å². The smallest absolute Gasteiger partial charge is 0.341 e. The Balaban J connectivity index is 1.25. The van der Waals surface area contributed by atoms with E-state index < -0.39 is 23.0 Å². The molecule has 0 saturated carbocycles. The van der Waals surface area contributed by atoms with Crippen LogP contribution in [-0.2, 0) is 14.3 Å². The molecule has 1 heterocycles. The van der Waals surface area contributed by atoms with Crippen LogP contribution in [0.5, 0.6) is 0 Å². The predicted octanol–water partition coefficient (Wildman–Crippen LogP) is 10.1. The van der Waals surface area contributed by atoms with Gasteiger partial charge in [-0.15, -0.1) is 23.1 Å². The molecule has 0 fully saturated rings. The molecule has 3 N–H and O–H groups in total. The molecular formula is C45H39N3O5S2. The maximum absolute atomic E-state index is 14.2. The number of rotatable bonds is 13. The highest BCUT2D eigenvalue weighted by Crippen LogP contribution is 2.40. The molecule has 55 heavy (non-hydrogen) atoms. The Morgan fingerprint density at radius 1 is 0.764 bits per heavy atom. The first-order chi connectivity index (χ1) is 26.7. The lowest BCUT2D eigenvalue weighted by molar-refractivity contribution is -0.116. The summed E-state index contributed by atoms with van der Waals surface area (Å²) in [5.41, 5.74) is 6.42. The molecule has 0 spiro atoms. The molecule has 0 aliphatic rings. The van der Waals surface area contributed by atoms with Crippen molar-refractivity contribution < 1.29 is 23.9 Å². The second-order valence-corrected chi connectivity index (χ2v) is 14.7. The van der Waals surface area contributed by atoms with Crippen molar-refractivity contribution in [2.45, 2.75) is 30.9 Å². The van der Waals surface area contributed by atoms with Gasteiger partial charge in [0.25, 0.3) is 11.8 Å². The summed E-state index contributed by atoms with van der Waals surface area (Å²) in [4.78, 5) is 55.1. The summed E-state index contributed by atoms with van der Waals surface area (Å²) in [6, 6.07) is 40.6. The van der Waals surface area contributed by atoms with Crippen molar-refractivity contribution in [1.82, 2.24) is 5.32 Å². The number of hydrogen-bond donors (Lipinski definition) is 3. The average Bonchev–Trinajstić information content (AvgIpc) is 3.62. The summed E-state index contributed by atoms with van der Waals surface area (Å²) in [6.07, 6.45) is 1.63. The van der Waals surface area contributed by atoms with E-state index in [1.165, 1.54) is 23.1 Å². The second-order valence-electron chi connectivity index (χ2n) is 12.6. The molecule has 1 unspecified atom stereocenters. The van der Waals surface area contributed by atoms with Gasteiger partial charge in [0.1, 0.15) is 21.5 Å². The number of aryl methyl sites for hydroxylation is 2. The fourth-order valence-corrected chi connectivity index (χ4v) is 7.68. The number of esters is 1. The highest BCUT2D eigenvalue weighted by molar-refractivity contribution is 8.00. The van der Waals surface area contributed by atoms with Gasteiger partial charge in [0.05, 0.1) is 6.61 Å². The number of amides is 3. The third-order valence-corrected chi connectivity index (χ3v) is 10.6. The van der Waals surface area contributed by atoms with Crippen LogP contribution in [0.2, 0.25) is 0 Å². The van der Waals surface area contributed by atoms with Gasteiger partial charge in [0.15, 0.2) is 0 Å². The number of nitrogens with one attached hydrogen (secondary N) is 3. The van der Waals surface area contributed by atoms with Crippen molar-refractivity contribution in [1.29, 1.82) is 0 Å². The predicted molar refractivity (Wildman–Crippen MR) is 222 cm³/mol. The van der Waals surface area contributed by atoms with Crippen molar-refractivity contribution in [2.24, 2.45) is 0 Å². The van der Waals surface area contributed by atoms with Gasteiger partial charge in [-0.05, 0) is 73.9 Å². The molecule has 6 rings (SSSR count). The van der Waals surface area contributed by atoms with Crippen LogP contribution >= 0.6 is 23.1 Å². The third-order valence-electron chi connectivity index (χ3n) is 8.47. The quantitative estimate of drug-likeness (QED) is 0.0613. The zero-order valence-corrected chi connectivity index (χ0v) is 32.1. The van der Waals surface area contributed by atoms with E-state index in [1.807, 2.05) is 110 Å². The van der Waals surface area contributed by atoms with E-state index in [4.69, 9.17) is 4.74 Å². The summed E-state index contributed by atoms with van der Waals surface area (Å²) in [5.74, 6) is -1.78. The minimum Gasteiger partial charge on any atom is -0.462 e. The Morgan fingerprint density at radius 3 is 2.09 bits per heavy atom. The van der Waals surface area contributed by atoms with E-state index in [9.17, 15) is 19.2 Å². The number of benzene rings is 5. The molecule has 1 atom stereocenters. The Kier molecular flexibility index (Phi) is 12.7. The van der Waals surface area contributed by atoms with E-state index in [2.05, 4.69) is 16.0 Å². The minimum absolute atomic E-state index is 0.0654. The third kappa shape index (κ3) is 10.1. The lowest BCUT2D eigenvalue weighted by atomic mass is 10.0. The molecule has 0 aliphatic heterocycles. The van der Waals surface area contributed by atoms with Crippen LogP contribution in [0.15, 0.2) is 149 Å². The Hall–Kier alpha value is -6.23. The number of carbonyl (C=O) groups is 4. The first kappa shape index (κ1) is 38.5. The number of thiophene rings is 1. The molecule has 6 aromatic rings. The zero-order chi connectivity index (χ0) is 38.7. The topological polar surface area (TPSA) is 114 Å². The molecule has 5 aromatic carbocycles. The van der Waals surface area contributed by atoms with Crippen molar-refractivity contribution in [3.8, 4) is 11.1 Å². The first-order valence-corrected chi connectivity index (χ1v) is 19.4. The van der Waals surface area contributed by atoms with Crippen LogP contribution < -0.4 is 16.0 Å². The molecular weight excluding hydrogens is 727 g/mol. The average molecular weight is 766 g/mol. The number of carbonyl (C=O) groups excluding carboxylic acids is 4. The highest BCUT2D eigenvalue weighted by Gasteiger charge is 2.28. The molecule has 0 aliphatic carbocycles. The summed E-state index contributed by atoms with van der Waals surface area (Å²) in [6.45, 7) is 5.90. The first-order valence-electron chi connectivity index (χ1n) is 17.6. The van der Waals surface area contributed by atoms with Gasteiger partial charge >= 0.3 is 5.97 Å². The lowest BCUT2D eigenvalue weighted by Gasteiger charge is -2.18. The summed E-state index contributed by atoms with van der Waals surface area (Å²) in [7, 11) is 0. The fraction of sp³-hybridized carbons (Fsp3) is 0.111. The second kappa shape index (κ2) is 18.2. The maximum Gasteiger partial charge on any atom is 0.341 e. The molecule has 1 aromatic heterocycles. The lowest BCUT2D eigenvalue weighted by Crippen LogP contribution is -2.30. The van der Waals surface area contributed by atoms with Crippen molar-refractivity contribution >= 4 is 63.6 Å². The standard InChI is InChI=1S/C45H39N3O5S2/c1-4-53-45(52)39-37(32-24-20-30(3)21-25-32)28-54-44(39)48-43(51)40(33-12-7-5-8-13-33)55-36-17-11-16-35(27-36)46-42(50)38(26-31-22-18-29(2)19-23-31)47-41(49)34-14-9-6-10-15-34/h5-28,40H,4H2,1-3H3,(H,46,50)(H,47,49)(H,48,51)/b38-26-. The minimum atomic E-state index is -0.728. The number of anilines is 2. The van der Waals surface area contributed by atoms with Crippen LogP contribution in [-0.4, -0.2) is 30.3 Å². The summed E-state index contributed by atoms with van der Waals surface area (Å²) >= 11 is 2.57. The largest absolute Gasteiger partial charge is 0.462 e. The van der Waals surface area contributed by atoms with Crippen LogP contribution in [0, 0.1) is 13.8 Å². The molecule has 0 saturated heterocycles. The molecule has 0 bridgehead atoms. The van der Waals surface area contributed by atoms with Gasteiger partial charge in [-0.2, -0.15) is 0 Å². The van der Waals surface area contributed by atoms with Crippen LogP contribution in [0.25, 0.3) is 17.2 Å². The van der Waals surface area contributed by atoms with Crippen LogP contribution in [0.3, 0.4) is 0 Å². The number of ether oxygens (including phenoxy) is 1. The van der Waals surface area contributed by atoms with Crippen molar-refractivity contribution in [3.05, 3.63) is 178 Å². The Labute approximate surface area is 328 Å². The van der Waals surface area contributed by atoms with E-state index in [0.29, 0.717) is 32.3 Å². The van der Waals surface area contributed by atoms with Gasteiger partial charge in [-0.3, -0.25) is 14.4 Å². The number of hydrogen-bond acceptors (Lipinski definition) is 7. The maximum atomic E-state index is 14.2. The fourth-order valence-electron chi connectivity index (χ4n) is 5.63. The van der Waals surface area contributed by atoms with Gasteiger partial charge in [-0.1, -0.05) is 114 Å². The van der Waals surface area contributed by atoms with E-state index in [0.717, 1.165) is 27.8 Å². The normalized spacial score (nSPS) is 11.7. The van der Waals surface area contributed by atoms with Gasteiger partial charge < -0.3 is 20.7 Å². The zero-order valence-electron chi connectivity index (χ0n) is 30.5. The monoisotopic (exact) mass is 765 g/mol. The number of thioether (sulfide) groups is 1. The van der Waals surface area contributed by atoms with E-state index in [1.54, 1.807) is 55.5 Å². The van der Waals surface area contributed by atoms with Crippen molar-refractivity contribution in [2.75, 3.05) is 17.2 Å². The Morgan fingerprint density at radius 2 is 1.42 bits per heavy atom. The highest BCUT2D eigenvalue weighted by atomic mass is 32.2. The van der Waals surface area contributed by atoms with Crippen molar-refractivity contribution in [3.63, 3.8) is 0 Å². The molecule has 10 heteroatoms. The van der Waals surface area contributed by atoms with E-state index in [-0.39, 0.29) is 18.2 Å². The molecule has 0 radical (unpaired) electrons. The summed E-state index contributed by atoms with van der Waals surface area (Å²) < 4.78 is 5.43. The van der Waals surface area contributed by atoms with Gasteiger partial charge in [0.2, 0.25) is 5.91 Å². The molecule has 3 amide bonds. The molecule has 276 valence electrons. The molecule has 8 nitrogen and oxygen atoms in total. The SMILES string of the molecule is CCOC(=O)c1c(-c2ccc(C)cc2)csc1NC(=O)C(Sc1cccc(NC(=O)/C(=C/c2ccc(C)cc2)NC(=O)c2ccccc2)c1)c1ccccc1.